The average Bonchev–Trinajstić information content (AvgIpc) is 2.73. The number of nitrogens with one attached hydrogen (secondary N) is 1. The second-order valence-corrected chi connectivity index (χ2v) is 10.4. The van der Waals surface area contributed by atoms with Crippen molar-refractivity contribution in [2.45, 2.75) is 31.6 Å². The molecule has 2 aromatic carbocycles. The largest absolute Gasteiger partial charge is 0.496 e. The van der Waals surface area contributed by atoms with Gasteiger partial charge in [-0.25, -0.2) is 12.7 Å². The molecule has 30 heavy (non-hydrogen) atoms. The van der Waals surface area contributed by atoms with Gasteiger partial charge in [-0.15, -0.1) is 0 Å². The molecule has 0 aliphatic carbocycles. The number of rotatable bonds is 7. The number of para-hydroxylation sites is 1. The number of carbonyl (C=O) groups excluding carboxylic acids is 1. The molecule has 2 aromatic rings. The maximum Gasteiger partial charge on any atom is 0.223 e. The summed E-state index contributed by atoms with van der Waals surface area (Å²) in [6.45, 7) is 2.64. The molecule has 0 bridgehead atoms. The Morgan fingerprint density at radius 3 is 2.57 bits per heavy atom. The van der Waals surface area contributed by atoms with Crippen molar-refractivity contribution < 1.29 is 17.9 Å². The summed E-state index contributed by atoms with van der Waals surface area (Å²) in [6.07, 6.45) is 1.03. The smallest absolute Gasteiger partial charge is 0.223 e. The third-order valence-electron chi connectivity index (χ3n) is 5.42. The summed E-state index contributed by atoms with van der Waals surface area (Å²) in [5.41, 5.74) is 1.66. The molecule has 0 aromatic heterocycles. The minimum Gasteiger partial charge on any atom is -0.496 e. The van der Waals surface area contributed by atoms with Crippen LogP contribution in [0, 0.1) is 5.92 Å². The summed E-state index contributed by atoms with van der Waals surface area (Å²) < 4.78 is 33.3. The van der Waals surface area contributed by atoms with E-state index < -0.39 is 10.0 Å². The number of benzene rings is 2. The van der Waals surface area contributed by atoms with Crippen LogP contribution in [-0.2, 0) is 20.6 Å². The Balaban J connectivity index is 1.56. The molecule has 1 heterocycles. The predicted octanol–water partition coefficient (Wildman–Crippen LogP) is 3.88. The minimum atomic E-state index is -3.41. The van der Waals surface area contributed by atoms with Gasteiger partial charge in [-0.1, -0.05) is 46.3 Å². The van der Waals surface area contributed by atoms with Crippen LogP contribution in [0.3, 0.4) is 0 Å². The van der Waals surface area contributed by atoms with E-state index in [1.807, 2.05) is 55.5 Å². The van der Waals surface area contributed by atoms with Gasteiger partial charge in [0.05, 0.1) is 18.9 Å². The quantitative estimate of drug-likeness (QED) is 0.633. The summed E-state index contributed by atoms with van der Waals surface area (Å²) in [7, 11) is -1.80. The zero-order chi connectivity index (χ0) is 21.7. The van der Waals surface area contributed by atoms with Gasteiger partial charge in [0.2, 0.25) is 15.9 Å². The van der Waals surface area contributed by atoms with Crippen molar-refractivity contribution in [3.8, 4) is 5.75 Å². The maximum atomic E-state index is 12.8. The van der Waals surface area contributed by atoms with Crippen molar-refractivity contribution in [2.24, 2.45) is 5.92 Å². The molecule has 0 saturated carbocycles. The molecule has 1 aliphatic heterocycles. The van der Waals surface area contributed by atoms with Gasteiger partial charge >= 0.3 is 0 Å². The van der Waals surface area contributed by atoms with Crippen LogP contribution in [0.25, 0.3) is 0 Å². The van der Waals surface area contributed by atoms with Gasteiger partial charge in [-0.3, -0.25) is 4.79 Å². The Kier molecular flexibility index (Phi) is 7.55. The van der Waals surface area contributed by atoms with Crippen LogP contribution in [0.5, 0.6) is 5.75 Å². The van der Waals surface area contributed by atoms with E-state index in [-0.39, 0.29) is 23.6 Å². The molecule has 162 valence electrons. The SMILES string of the molecule is COc1ccccc1[C@H](C)NC(=O)C1CCN(S(=O)(=O)Cc2cccc(Br)c2)CC1. The minimum absolute atomic E-state index is 0.0336. The van der Waals surface area contributed by atoms with Crippen molar-refractivity contribution in [3.05, 3.63) is 64.1 Å². The lowest BCUT2D eigenvalue weighted by Gasteiger charge is -2.31. The zero-order valence-corrected chi connectivity index (χ0v) is 19.6. The molecule has 0 radical (unpaired) electrons. The van der Waals surface area contributed by atoms with E-state index in [9.17, 15) is 13.2 Å². The lowest BCUT2D eigenvalue weighted by atomic mass is 9.96. The van der Waals surface area contributed by atoms with E-state index >= 15 is 0 Å². The van der Waals surface area contributed by atoms with Crippen molar-refractivity contribution in [1.82, 2.24) is 9.62 Å². The van der Waals surface area contributed by atoms with Crippen LogP contribution < -0.4 is 10.1 Å². The first-order valence-electron chi connectivity index (χ1n) is 9.95. The molecule has 6 nitrogen and oxygen atoms in total. The molecule has 1 saturated heterocycles. The van der Waals surface area contributed by atoms with Crippen molar-refractivity contribution >= 4 is 31.9 Å². The number of sulfonamides is 1. The van der Waals surface area contributed by atoms with Gasteiger partial charge in [0.25, 0.3) is 0 Å². The fourth-order valence-electron chi connectivity index (χ4n) is 3.76. The van der Waals surface area contributed by atoms with Crippen LogP contribution in [0.15, 0.2) is 53.0 Å². The molecule has 1 aliphatic rings. The molecule has 3 rings (SSSR count). The first-order chi connectivity index (χ1) is 14.3. The second kappa shape index (κ2) is 9.94. The fraction of sp³-hybridized carbons (Fsp3) is 0.409. The Hall–Kier alpha value is -1.90. The number of nitrogens with zero attached hydrogens (tertiary/aromatic N) is 1. The molecule has 1 N–H and O–H groups in total. The summed E-state index contributed by atoms with van der Waals surface area (Å²) in [5.74, 6) is 0.462. The normalized spacial score (nSPS) is 16.8. The van der Waals surface area contributed by atoms with Gasteiger partial charge in [-0.05, 0) is 43.5 Å². The number of halogens is 1. The lowest BCUT2D eigenvalue weighted by Crippen LogP contribution is -2.43. The lowest BCUT2D eigenvalue weighted by molar-refractivity contribution is -0.126. The van der Waals surface area contributed by atoms with Crippen LogP contribution in [0.1, 0.15) is 36.9 Å². The van der Waals surface area contributed by atoms with E-state index in [4.69, 9.17) is 4.74 Å². The first kappa shape index (κ1) is 22.8. The summed E-state index contributed by atoms with van der Waals surface area (Å²) in [5, 5.41) is 3.05. The van der Waals surface area contributed by atoms with Crippen molar-refractivity contribution in [2.75, 3.05) is 20.2 Å². The Bertz CT molecular complexity index is 988. The van der Waals surface area contributed by atoms with E-state index in [0.29, 0.717) is 25.9 Å². The van der Waals surface area contributed by atoms with Crippen molar-refractivity contribution in [3.63, 3.8) is 0 Å². The third-order valence-corrected chi connectivity index (χ3v) is 7.76. The van der Waals surface area contributed by atoms with Gasteiger partial charge in [-0.2, -0.15) is 0 Å². The number of ether oxygens (including phenoxy) is 1. The Morgan fingerprint density at radius 1 is 1.20 bits per heavy atom. The monoisotopic (exact) mass is 494 g/mol. The Labute approximate surface area is 186 Å². The molecule has 1 atom stereocenters. The maximum absolute atomic E-state index is 12.8. The third kappa shape index (κ3) is 5.62. The molecule has 0 unspecified atom stereocenters. The Morgan fingerprint density at radius 2 is 1.90 bits per heavy atom. The van der Waals surface area contributed by atoms with E-state index in [1.54, 1.807) is 7.11 Å². The first-order valence-corrected chi connectivity index (χ1v) is 12.4. The number of hydrogen-bond donors (Lipinski definition) is 1. The van der Waals surface area contributed by atoms with E-state index in [1.165, 1.54) is 4.31 Å². The van der Waals surface area contributed by atoms with Crippen LogP contribution in [0.2, 0.25) is 0 Å². The number of amides is 1. The number of piperidine rings is 1. The summed E-state index contributed by atoms with van der Waals surface area (Å²) >= 11 is 3.37. The standard InChI is InChI=1S/C22H27BrN2O4S/c1-16(20-8-3-4-9-21(20)29-2)24-22(26)18-10-12-25(13-11-18)30(27,28)15-17-6-5-7-19(23)14-17/h3-9,14,16,18H,10-13,15H2,1-2H3,(H,24,26)/t16-/m0/s1. The van der Waals surface area contributed by atoms with E-state index in [2.05, 4.69) is 21.2 Å². The van der Waals surface area contributed by atoms with E-state index in [0.717, 1.165) is 21.3 Å². The highest BCUT2D eigenvalue weighted by Gasteiger charge is 2.31. The molecular formula is C22H27BrN2O4S. The van der Waals surface area contributed by atoms with Gasteiger partial charge < -0.3 is 10.1 Å². The van der Waals surface area contributed by atoms with Gasteiger partial charge in [0, 0.05) is 29.0 Å². The van der Waals surface area contributed by atoms with Gasteiger partial charge in [0.1, 0.15) is 5.75 Å². The molecule has 8 heteroatoms. The zero-order valence-electron chi connectivity index (χ0n) is 17.2. The molecule has 0 spiro atoms. The highest BCUT2D eigenvalue weighted by Crippen LogP contribution is 2.27. The summed E-state index contributed by atoms with van der Waals surface area (Å²) in [4.78, 5) is 12.7. The highest BCUT2D eigenvalue weighted by atomic mass is 79.9. The van der Waals surface area contributed by atoms with Crippen LogP contribution >= 0.6 is 15.9 Å². The second-order valence-electron chi connectivity index (χ2n) is 7.53. The van der Waals surface area contributed by atoms with Gasteiger partial charge in [0.15, 0.2) is 0 Å². The number of hydrogen-bond acceptors (Lipinski definition) is 4. The predicted molar refractivity (Wildman–Crippen MR) is 121 cm³/mol. The summed E-state index contributed by atoms with van der Waals surface area (Å²) in [6, 6.07) is 14.7. The van der Waals surface area contributed by atoms with Crippen LogP contribution in [-0.4, -0.2) is 38.8 Å². The van der Waals surface area contributed by atoms with Crippen molar-refractivity contribution in [1.29, 1.82) is 0 Å². The topological polar surface area (TPSA) is 75.7 Å². The van der Waals surface area contributed by atoms with Crippen LogP contribution in [0.4, 0.5) is 0 Å². The molecule has 1 amide bonds. The highest BCUT2D eigenvalue weighted by molar-refractivity contribution is 9.10. The fourth-order valence-corrected chi connectivity index (χ4v) is 5.76. The molecule has 1 fully saturated rings. The average molecular weight is 495 g/mol. The number of methoxy groups -OCH3 is 1. The number of carbonyl (C=O) groups is 1. The molecular weight excluding hydrogens is 468 g/mol.